The molecular formula is C15H24N8O2. The molecule has 0 spiro atoms. The quantitative estimate of drug-likeness (QED) is 0.708. The molecule has 10 heteroatoms. The number of hydrogen-bond acceptors (Lipinski definition) is 8. The normalized spacial score (nSPS) is 18.0. The molecule has 2 aromatic rings. The van der Waals surface area contributed by atoms with Crippen molar-refractivity contribution in [1.29, 1.82) is 0 Å². The van der Waals surface area contributed by atoms with Gasteiger partial charge < -0.3 is 9.42 Å². The first kappa shape index (κ1) is 17.5. The number of tetrazole rings is 1. The summed E-state index contributed by atoms with van der Waals surface area (Å²) in [5, 5.41) is 15.8. The number of hydrogen-bond donors (Lipinski definition) is 0. The Labute approximate surface area is 146 Å². The van der Waals surface area contributed by atoms with Gasteiger partial charge in [-0.3, -0.25) is 9.69 Å². The lowest BCUT2D eigenvalue weighted by Crippen LogP contribution is -2.40. The monoisotopic (exact) mass is 348 g/mol. The van der Waals surface area contributed by atoms with Gasteiger partial charge in [0.2, 0.25) is 11.8 Å². The molecule has 0 bridgehead atoms. The van der Waals surface area contributed by atoms with Crippen molar-refractivity contribution >= 4 is 5.91 Å². The summed E-state index contributed by atoms with van der Waals surface area (Å²) >= 11 is 0. The highest BCUT2D eigenvalue weighted by Gasteiger charge is 2.31. The van der Waals surface area contributed by atoms with Gasteiger partial charge in [-0.05, 0) is 23.3 Å². The molecule has 1 aliphatic rings. The highest BCUT2D eigenvalue weighted by atomic mass is 16.5. The van der Waals surface area contributed by atoms with E-state index in [1.165, 1.54) is 0 Å². The summed E-state index contributed by atoms with van der Waals surface area (Å²) < 4.78 is 6.85. The maximum Gasteiger partial charge on any atom is 0.223 e. The first-order valence-corrected chi connectivity index (χ1v) is 8.60. The highest BCUT2D eigenvalue weighted by molar-refractivity contribution is 5.73. The molecule has 25 heavy (non-hydrogen) atoms. The number of rotatable bonds is 7. The summed E-state index contributed by atoms with van der Waals surface area (Å²) in [6.07, 6.45) is 1.90. The average molecular weight is 348 g/mol. The second-order valence-electron chi connectivity index (χ2n) is 6.37. The van der Waals surface area contributed by atoms with E-state index in [4.69, 9.17) is 4.52 Å². The molecule has 0 unspecified atom stereocenters. The van der Waals surface area contributed by atoms with Crippen molar-refractivity contribution in [3.8, 4) is 0 Å². The number of nitrogens with zero attached hydrogens (tertiary/aromatic N) is 8. The van der Waals surface area contributed by atoms with E-state index in [1.54, 1.807) is 13.8 Å². The lowest BCUT2D eigenvalue weighted by molar-refractivity contribution is -0.131. The molecule has 10 nitrogen and oxygen atoms in total. The Bertz CT molecular complexity index is 712. The van der Waals surface area contributed by atoms with E-state index >= 15 is 0 Å². The Morgan fingerprint density at radius 3 is 2.96 bits per heavy atom. The third-order valence-electron chi connectivity index (χ3n) is 4.38. The van der Waals surface area contributed by atoms with Crippen molar-refractivity contribution in [1.82, 2.24) is 40.1 Å². The summed E-state index contributed by atoms with van der Waals surface area (Å²) in [5.41, 5.74) is 0. The Balaban J connectivity index is 1.61. The summed E-state index contributed by atoms with van der Waals surface area (Å²) in [6.45, 7) is 8.99. The fourth-order valence-corrected chi connectivity index (χ4v) is 3.19. The van der Waals surface area contributed by atoms with Crippen LogP contribution < -0.4 is 0 Å². The topological polar surface area (TPSA) is 106 Å². The van der Waals surface area contributed by atoms with Crippen LogP contribution in [0.5, 0.6) is 0 Å². The molecule has 1 atom stereocenters. The van der Waals surface area contributed by atoms with Crippen molar-refractivity contribution in [3.05, 3.63) is 17.5 Å². The lowest BCUT2D eigenvalue weighted by atomic mass is 10.2. The van der Waals surface area contributed by atoms with E-state index in [2.05, 4.69) is 37.5 Å². The Kier molecular flexibility index (Phi) is 5.37. The van der Waals surface area contributed by atoms with Gasteiger partial charge in [-0.25, -0.2) is 4.68 Å². The fourth-order valence-electron chi connectivity index (χ4n) is 3.19. The molecule has 1 fully saturated rings. The third kappa shape index (κ3) is 4.19. The molecule has 3 rings (SSSR count). The third-order valence-corrected chi connectivity index (χ3v) is 4.38. The average Bonchev–Trinajstić information content (AvgIpc) is 3.29. The minimum atomic E-state index is 0.0186. The van der Waals surface area contributed by atoms with E-state index in [9.17, 15) is 4.79 Å². The minimum absolute atomic E-state index is 0.0186. The van der Waals surface area contributed by atoms with Gasteiger partial charge in [-0.2, -0.15) is 4.98 Å². The van der Waals surface area contributed by atoms with Crippen LogP contribution in [0.25, 0.3) is 0 Å². The first-order chi connectivity index (χ1) is 12.1. The maximum atomic E-state index is 12.1. The molecule has 2 aromatic heterocycles. The molecule has 1 aliphatic heterocycles. The fraction of sp³-hybridized carbons (Fsp3) is 0.733. The predicted octanol–water partition coefficient (Wildman–Crippen LogP) is 0.398. The van der Waals surface area contributed by atoms with Gasteiger partial charge in [-0.15, -0.1) is 5.10 Å². The van der Waals surface area contributed by atoms with Crippen molar-refractivity contribution < 1.29 is 9.32 Å². The number of likely N-dealkylation sites (tertiary alicyclic amines) is 1. The molecule has 0 radical (unpaired) electrons. The van der Waals surface area contributed by atoms with Crippen LogP contribution in [0.1, 0.15) is 44.2 Å². The van der Waals surface area contributed by atoms with Crippen LogP contribution in [0.4, 0.5) is 0 Å². The van der Waals surface area contributed by atoms with E-state index in [1.807, 2.05) is 9.58 Å². The summed E-state index contributed by atoms with van der Waals surface area (Å²) in [4.78, 5) is 20.4. The van der Waals surface area contributed by atoms with Crippen LogP contribution in [0.3, 0.4) is 0 Å². The molecular weight excluding hydrogens is 324 g/mol. The zero-order valence-electron chi connectivity index (χ0n) is 14.9. The number of amides is 1. The van der Waals surface area contributed by atoms with Gasteiger partial charge >= 0.3 is 0 Å². The van der Waals surface area contributed by atoms with Crippen molar-refractivity contribution in [2.24, 2.45) is 0 Å². The molecule has 1 amide bonds. The van der Waals surface area contributed by atoms with Crippen LogP contribution in [0.15, 0.2) is 4.52 Å². The Morgan fingerprint density at radius 2 is 2.28 bits per heavy atom. The van der Waals surface area contributed by atoms with Crippen molar-refractivity contribution in [3.63, 3.8) is 0 Å². The lowest BCUT2D eigenvalue weighted by Gasteiger charge is -2.26. The van der Waals surface area contributed by atoms with Crippen LogP contribution in [-0.4, -0.2) is 65.2 Å². The van der Waals surface area contributed by atoms with E-state index in [0.717, 1.165) is 38.3 Å². The zero-order valence-corrected chi connectivity index (χ0v) is 14.9. The second-order valence-corrected chi connectivity index (χ2v) is 6.37. The van der Waals surface area contributed by atoms with Gasteiger partial charge in [0.25, 0.3) is 0 Å². The zero-order chi connectivity index (χ0) is 17.8. The van der Waals surface area contributed by atoms with Gasteiger partial charge in [0.1, 0.15) is 0 Å². The number of aromatic nitrogens is 6. The smallest absolute Gasteiger partial charge is 0.223 e. The molecule has 136 valence electrons. The van der Waals surface area contributed by atoms with E-state index in [0.29, 0.717) is 24.8 Å². The Hall–Kier alpha value is -2.36. The van der Waals surface area contributed by atoms with Crippen LogP contribution in [-0.2, 0) is 24.4 Å². The molecule has 0 aliphatic carbocycles. The van der Waals surface area contributed by atoms with Gasteiger partial charge in [0.15, 0.2) is 11.6 Å². The SMILES string of the molecule is CCCn1nnnc1CN1CC[C@@H](N(Cc2noc(C)n2)C(C)=O)C1. The molecule has 0 saturated carbocycles. The predicted molar refractivity (Wildman–Crippen MR) is 87.0 cm³/mol. The van der Waals surface area contributed by atoms with Crippen molar-refractivity contribution in [2.75, 3.05) is 13.1 Å². The summed E-state index contributed by atoms with van der Waals surface area (Å²) in [5.74, 6) is 1.93. The summed E-state index contributed by atoms with van der Waals surface area (Å²) in [6, 6.07) is 0.131. The van der Waals surface area contributed by atoms with Crippen molar-refractivity contribution in [2.45, 2.75) is 59.3 Å². The standard InChI is InChI=1S/C15H24N8O2/c1-4-6-23-15(17-19-20-23)10-21-7-5-13(8-21)22(12(3)24)9-14-16-11(2)25-18-14/h13H,4-10H2,1-3H3/t13-/m1/s1. The van der Waals surface area contributed by atoms with Gasteiger partial charge in [0, 0.05) is 39.5 Å². The van der Waals surface area contributed by atoms with Crippen LogP contribution in [0.2, 0.25) is 0 Å². The summed E-state index contributed by atoms with van der Waals surface area (Å²) in [7, 11) is 0. The van der Waals surface area contributed by atoms with E-state index < -0.39 is 0 Å². The number of aryl methyl sites for hydroxylation is 2. The molecule has 1 saturated heterocycles. The maximum absolute atomic E-state index is 12.1. The van der Waals surface area contributed by atoms with E-state index in [-0.39, 0.29) is 11.9 Å². The highest BCUT2D eigenvalue weighted by Crippen LogP contribution is 2.19. The number of carbonyl (C=O) groups excluding carboxylic acids is 1. The number of carbonyl (C=O) groups is 1. The molecule has 0 aromatic carbocycles. The van der Waals surface area contributed by atoms with Crippen LogP contribution in [0, 0.1) is 6.92 Å². The molecule has 0 N–H and O–H groups in total. The van der Waals surface area contributed by atoms with Gasteiger partial charge in [-0.1, -0.05) is 12.1 Å². The largest absolute Gasteiger partial charge is 0.340 e. The van der Waals surface area contributed by atoms with Crippen LogP contribution >= 0.6 is 0 Å². The van der Waals surface area contributed by atoms with Gasteiger partial charge in [0.05, 0.1) is 13.1 Å². The Morgan fingerprint density at radius 1 is 1.44 bits per heavy atom. The minimum Gasteiger partial charge on any atom is -0.340 e. The second kappa shape index (κ2) is 7.68. The molecule has 3 heterocycles. The first-order valence-electron chi connectivity index (χ1n) is 8.60.